The lowest BCUT2D eigenvalue weighted by atomic mass is 10.1. The number of ether oxygens (including phenoxy) is 2. The molecule has 0 unspecified atom stereocenters. The molecular weight excluding hydrogens is 252 g/mol. The van der Waals surface area contributed by atoms with Crippen molar-refractivity contribution in [1.82, 2.24) is 5.32 Å². The molecule has 3 N–H and O–H groups in total. The Balaban J connectivity index is 4.28. The largest absolute Gasteiger partial charge is 0.467 e. The lowest BCUT2D eigenvalue weighted by Crippen LogP contribution is -2.48. The second-order valence-electron chi connectivity index (χ2n) is 5.15. The number of carbonyl (C=O) groups is 3. The average Bonchev–Trinajstić information content (AvgIpc) is 2.24. The van der Waals surface area contributed by atoms with Gasteiger partial charge in [0.2, 0.25) is 5.91 Å². The lowest BCUT2D eigenvalue weighted by molar-refractivity contribution is -0.156. The van der Waals surface area contributed by atoms with Crippen LogP contribution in [0, 0.1) is 0 Å². The highest BCUT2D eigenvalue weighted by Gasteiger charge is 2.25. The van der Waals surface area contributed by atoms with E-state index >= 15 is 0 Å². The summed E-state index contributed by atoms with van der Waals surface area (Å²) in [6, 6.07) is -1.89. The highest BCUT2D eigenvalue weighted by molar-refractivity contribution is 5.89. The molecule has 1 amide bonds. The van der Waals surface area contributed by atoms with Gasteiger partial charge in [-0.25, -0.2) is 4.79 Å². The fourth-order valence-corrected chi connectivity index (χ4v) is 1.21. The Bertz CT molecular complexity index is 349. The van der Waals surface area contributed by atoms with E-state index in [1.54, 1.807) is 20.8 Å². The molecule has 7 nitrogen and oxygen atoms in total. The van der Waals surface area contributed by atoms with Crippen LogP contribution in [0.25, 0.3) is 0 Å². The van der Waals surface area contributed by atoms with E-state index < -0.39 is 35.5 Å². The first-order valence-corrected chi connectivity index (χ1v) is 5.92. The highest BCUT2D eigenvalue weighted by atomic mass is 16.6. The standard InChI is InChI=1S/C12H22N2O5/c1-7(11(17)18-5)14-10(16)8(13)6-9(15)19-12(2,3)4/h7-8H,6,13H2,1-5H3,(H,14,16)/t7-,8+/m1/s1. The third-order valence-corrected chi connectivity index (χ3v) is 2.06. The number of nitrogens with one attached hydrogen (secondary N) is 1. The van der Waals surface area contributed by atoms with E-state index in [1.807, 2.05) is 0 Å². The molecule has 0 aromatic heterocycles. The molecule has 7 heteroatoms. The number of hydrogen-bond donors (Lipinski definition) is 2. The maximum absolute atomic E-state index is 11.6. The summed E-state index contributed by atoms with van der Waals surface area (Å²) in [6.45, 7) is 6.62. The van der Waals surface area contributed by atoms with E-state index in [0.717, 1.165) is 0 Å². The van der Waals surface area contributed by atoms with Crippen molar-refractivity contribution in [2.75, 3.05) is 7.11 Å². The summed E-state index contributed by atoms with van der Waals surface area (Å²) in [6.07, 6.45) is -0.253. The van der Waals surface area contributed by atoms with Crippen molar-refractivity contribution < 1.29 is 23.9 Å². The van der Waals surface area contributed by atoms with Gasteiger partial charge in [0.05, 0.1) is 19.6 Å². The summed E-state index contributed by atoms with van der Waals surface area (Å²) in [4.78, 5) is 34.2. The van der Waals surface area contributed by atoms with Crippen LogP contribution in [0.1, 0.15) is 34.1 Å². The molecule has 0 heterocycles. The SMILES string of the molecule is COC(=O)[C@@H](C)NC(=O)[C@@H](N)CC(=O)OC(C)(C)C. The Morgan fingerprint density at radius 1 is 1.26 bits per heavy atom. The second kappa shape index (κ2) is 7.08. The maximum Gasteiger partial charge on any atom is 0.328 e. The second-order valence-corrected chi connectivity index (χ2v) is 5.15. The summed E-state index contributed by atoms with van der Waals surface area (Å²) in [7, 11) is 1.21. The van der Waals surface area contributed by atoms with Gasteiger partial charge in [0, 0.05) is 0 Å². The number of amides is 1. The number of hydrogen-bond acceptors (Lipinski definition) is 6. The fourth-order valence-electron chi connectivity index (χ4n) is 1.21. The van der Waals surface area contributed by atoms with Gasteiger partial charge >= 0.3 is 11.9 Å². The molecule has 2 atom stereocenters. The summed E-state index contributed by atoms with van der Waals surface area (Å²) in [5.41, 5.74) is 4.93. The zero-order valence-electron chi connectivity index (χ0n) is 12.0. The summed E-state index contributed by atoms with van der Waals surface area (Å²) in [5, 5.41) is 2.35. The zero-order valence-corrected chi connectivity index (χ0v) is 12.0. The topological polar surface area (TPSA) is 108 Å². The molecule has 0 fully saturated rings. The highest BCUT2D eigenvalue weighted by Crippen LogP contribution is 2.08. The fraction of sp³-hybridized carbons (Fsp3) is 0.750. The number of nitrogens with two attached hydrogens (primary N) is 1. The van der Waals surface area contributed by atoms with Crippen LogP contribution in [0.3, 0.4) is 0 Å². The molecule has 0 saturated heterocycles. The van der Waals surface area contributed by atoms with Gasteiger partial charge in [-0.2, -0.15) is 0 Å². The van der Waals surface area contributed by atoms with Crippen LogP contribution in [0.5, 0.6) is 0 Å². The first kappa shape index (κ1) is 17.4. The number of esters is 2. The number of rotatable bonds is 5. The summed E-state index contributed by atoms with van der Waals surface area (Å²) >= 11 is 0. The van der Waals surface area contributed by atoms with Crippen LogP contribution >= 0.6 is 0 Å². The molecule has 19 heavy (non-hydrogen) atoms. The van der Waals surface area contributed by atoms with Gasteiger partial charge < -0.3 is 20.5 Å². The number of methoxy groups -OCH3 is 1. The van der Waals surface area contributed by atoms with E-state index in [-0.39, 0.29) is 6.42 Å². The molecule has 0 bridgehead atoms. The van der Waals surface area contributed by atoms with Gasteiger partial charge in [-0.15, -0.1) is 0 Å². The molecule has 0 aromatic rings. The monoisotopic (exact) mass is 274 g/mol. The maximum atomic E-state index is 11.6. The molecule has 0 aromatic carbocycles. The molecule has 0 aliphatic rings. The van der Waals surface area contributed by atoms with Gasteiger partial charge in [0.15, 0.2) is 0 Å². The van der Waals surface area contributed by atoms with Crippen LogP contribution in [0.2, 0.25) is 0 Å². The Morgan fingerprint density at radius 3 is 2.21 bits per heavy atom. The van der Waals surface area contributed by atoms with Crippen LogP contribution in [-0.2, 0) is 23.9 Å². The quantitative estimate of drug-likeness (QED) is 0.668. The Hall–Kier alpha value is -1.63. The minimum absolute atomic E-state index is 0.253. The van der Waals surface area contributed by atoms with Gasteiger partial charge in [0.1, 0.15) is 11.6 Å². The minimum Gasteiger partial charge on any atom is -0.467 e. The van der Waals surface area contributed by atoms with Crippen LogP contribution < -0.4 is 11.1 Å². The summed E-state index contributed by atoms with van der Waals surface area (Å²) < 4.78 is 9.50. The van der Waals surface area contributed by atoms with Crippen LogP contribution in [-0.4, -0.2) is 42.6 Å². The minimum atomic E-state index is -1.07. The third-order valence-electron chi connectivity index (χ3n) is 2.06. The molecule has 110 valence electrons. The van der Waals surface area contributed by atoms with Gasteiger partial charge in [0.25, 0.3) is 0 Å². The third kappa shape index (κ3) is 7.40. The van der Waals surface area contributed by atoms with Crippen LogP contribution in [0.15, 0.2) is 0 Å². The van der Waals surface area contributed by atoms with E-state index in [4.69, 9.17) is 10.5 Å². The van der Waals surface area contributed by atoms with E-state index in [9.17, 15) is 14.4 Å². The predicted molar refractivity (Wildman–Crippen MR) is 68.1 cm³/mol. The molecule has 0 radical (unpaired) electrons. The van der Waals surface area contributed by atoms with Crippen molar-refractivity contribution in [3.05, 3.63) is 0 Å². The van der Waals surface area contributed by atoms with E-state index in [0.29, 0.717) is 0 Å². The molecular formula is C12H22N2O5. The van der Waals surface area contributed by atoms with Crippen molar-refractivity contribution in [2.45, 2.75) is 51.8 Å². The smallest absolute Gasteiger partial charge is 0.328 e. The molecule has 0 aliphatic heterocycles. The van der Waals surface area contributed by atoms with Crippen molar-refractivity contribution in [3.8, 4) is 0 Å². The lowest BCUT2D eigenvalue weighted by Gasteiger charge is -2.21. The van der Waals surface area contributed by atoms with Crippen molar-refractivity contribution >= 4 is 17.8 Å². The average molecular weight is 274 g/mol. The normalized spacial score (nSPS) is 14.2. The first-order valence-electron chi connectivity index (χ1n) is 5.92. The Labute approximate surface area is 112 Å². The van der Waals surface area contributed by atoms with Gasteiger partial charge in [-0.1, -0.05) is 0 Å². The zero-order chi connectivity index (χ0) is 15.2. The summed E-state index contributed by atoms with van der Waals surface area (Å²) in [5.74, 6) is -1.76. The number of carbonyl (C=O) groups excluding carboxylic acids is 3. The van der Waals surface area contributed by atoms with Gasteiger partial charge in [-0.3, -0.25) is 9.59 Å². The Kier molecular flexibility index (Phi) is 6.47. The molecule has 0 aliphatic carbocycles. The molecule has 0 spiro atoms. The van der Waals surface area contributed by atoms with Crippen LogP contribution in [0.4, 0.5) is 0 Å². The molecule has 0 rings (SSSR count). The van der Waals surface area contributed by atoms with Gasteiger partial charge in [-0.05, 0) is 27.7 Å². The van der Waals surface area contributed by atoms with Crippen molar-refractivity contribution in [1.29, 1.82) is 0 Å². The van der Waals surface area contributed by atoms with Crippen molar-refractivity contribution in [3.63, 3.8) is 0 Å². The van der Waals surface area contributed by atoms with Crippen molar-refractivity contribution in [2.24, 2.45) is 5.73 Å². The van der Waals surface area contributed by atoms with E-state index in [1.165, 1.54) is 14.0 Å². The van der Waals surface area contributed by atoms with E-state index in [2.05, 4.69) is 10.1 Å². The molecule has 0 saturated carbocycles. The predicted octanol–water partition coefficient (Wildman–Crippen LogP) is -0.277. The first-order chi connectivity index (χ1) is 8.56. The Morgan fingerprint density at radius 2 is 1.79 bits per heavy atom.